The minimum Gasteiger partial charge on any atom is -0.356 e. The molecule has 2 aromatic carbocycles. The SMILES string of the molecule is CCCNC(=O)C[C@@H](c1ccc(C)cc1)c1cn(C)c2ccccc12. The van der Waals surface area contributed by atoms with E-state index in [1.807, 2.05) is 0 Å². The fourth-order valence-corrected chi connectivity index (χ4v) is 3.38. The molecule has 0 saturated heterocycles. The first-order valence-electron chi connectivity index (χ1n) is 8.97. The summed E-state index contributed by atoms with van der Waals surface area (Å²) < 4.78 is 2.15. The number of carbonyl (C=O) groups excluding carboxylic acids is 1. The van der Waals surface area contributed by atoms with Gasteiger partial charge < -0.3 is 9.88 Å². The third kappa shape index (κ3) is 3.76. The van der Waals surface area contributed by atoms with Gasteiger partial charge in [-0.15, -0.1) is 0 Å². The van der Waals surface area contributed by atoms with Crippen LogP contribution >= 0.6 is 0 Å². The number of amides is 1. The molecule has 1 amide bonds. The maximum absolute atomic E-state index is 12.5. The molecule has 3 aromatic rings. The second-order valence-electron chi connectivity index (χ2n) is 6.73. The molecule has 0 unspecified atom stereocenters. The molecule has 1 N–H and O–H groups in total. The predicted molar refractivity (Wildman–Crippen MR) is 104 cm³/mol. The van der Waals surface area contributed by atoms with E-state index >= 15 is 0 Å². The fourth-order valence-electron chi connectivity index (χ4n) is 3.38. The zero-order valence-corrected chi connectivity index (χ0v) is 15.3. The number of carbonyl (C=O) groups is 1. The van der Waals surface area contributed by atoms with Gasteiger partial charge in [0.25, 0.3) is 0 Å². The standard InChI is InChI=1S/C22H26N2O/c1-4-13-23-22(25)14-19(17-11-9-16(2)10-12-17)20-15-24(3)21-8-6-5-7-18(20)21/h5-12,15,19H,4,13-14H2,1-3H3,(H,23,25)/t19-/m0/s1. The van der Waals surface area contributed by atoms with Crippen LogP contribution < -0.4 is 5.32 Å². The smallest absolute Gasteiger partial charge is 0.220 e. The van der Waals surface area contributed by atoms with Crippen LogP contribution in [0.1, 0.15) is 42.4 Å². The number of nitrogens with zero attached hydrogens (tertiary/aromatic N) is 1. The average Bonchev–Trinajstić information content (AvgIpc) is 2.96. The maximum atomic E-state index is 12.5. The summed E-state index contributed by atoms with van der Waals surface area (Å²) in [6.07, 6.45) is 3.59. The molecule has 1 aromatic heterocycles. The maximum Gasteiger partial charge on any atom is 0.220 e. The van der Waals surface area contributed by atoms with Crippen molar-refractivity contribution in [2.45, 2.75) is 32.6 Å². The molecule has 0 fully saturated rings. The molecule has 0 bridgehead atoms. The lowest BCUT2D eigenvalue weighted by Crippen LogP contribution is -2.26. The van der Waals surface area contributed by atoms with E-state index in [1.165, 1.54) is 27.6 Å². The van der Waals surface area contributed by atoms with E-state index in [1.54, 1.807) is 0 Å². The number of para-hydroxylation sites is 1. The van der Waals surface area contributed by atoms with Crippen molar-refractivity contribution in [3.8, 4) is 0 Å². The third-order valence-corrected chi connectivity index (χ3v) is 4.74. The van der Waals surface area contributed by atoms with Crippen molar-refractivity contribution in [2.75, 3.05) is 6.54 Å². The van der Waals surface area contributed by atoms with Gasteiger partial charge in [-0.1, -0.05) is 55.0 Å². The molecule has 0 saturated carbocycles. The second kappa shape index (κ2) is 7.56. The first-order chi connectivity index (χ1) is 12.1. The molecule has 130 valence electrons. The van der Waals surface area contributed by atoms with Gasteiger partial charge in [0.15, 0.2) is 0 Å². The lowest BCUT2D eigenvalue weighted by molar-refractivity contribution is -0.121. The molecular weight excluding hydrogens is 308 g/mol. The zero-order chi connectivity index (χ0) is 17.8. The third-order valence-electron chi connectivity index (χ3n) is 4.74. The first-order valence-corrected chi connectivity index (χ1v) is 8.97. The molecule has 3 rings (SSSR count). The minimum atomic E-state index is 0.0588. The van der Waals surface area contributed by atoms with E-state index in [-0.39, 0.29) is 11.8 Å². The Morgan fingerprint density at radius 1 is 1.12 bits per heavy atom. The number of benzene rings is 2. The van der Waals surface area contributed by atoms with Crippen LogP contribution in [0.3, 0.4) is 0 Å². The Labute approximate surface area is 149 Å². The zero-order valence-electron chi connectivity index (χ0n) is 15.3. The molecule has 1 atom stereocenters. The van der Waals surface area contributed by atoms with E-state index in [0.717, 1.165) is 13.0 Å². The van der Waals surface area contributed by atoms with Crippen LogP contribution in [0.2, 0.25) is 0 Å². The van der Waals surface area contributed by atoms with E-state index in [0.29, 0.717) is 6.42 Å². The summed E-state index contributed by atoms with van der Waals surface area (Å²) >= 11 is 0. The van der Waals surface area contributed by atoms with Crippen LogP contribution in [0.15, 0.2) is 54.7 Å². The van der Waals surface area contributed by atoms with E-state index in [9.17, 15) is 4.79 Å². The number of aromatic nitrogens is 1. The van der Waals surface area contributed by atoms with Gasteiger partial charge in [-0.2, -0.15) is 0 Å². The summed E-state index contributed by atoms with van der Waals surface area (Å²) in [5, 5.41) is 4.24. The normalized spacial score (nSPS) is 12.3. The molecular formula is C22H26N2O. The highest BCUT2D eigenvalue weighted by atomic mass is 16.1. The highest BCUT2D eigenvalue weighted by molar-refractivity contribution is 5.86. The van der Waals surface area contributed by atoms with Gasteiger partial charge in [0, 0.05) is 43.0 Å². The Balaban J connectivity index is 2.03. The van der Waals surface area contributed by atoms with Crippen molar-refractivity contribution in [2.24, 2.45) is 7.05 Å². The summed E-state index contributed by atoms with van der Waals surface area (Å²) in [7, 11) is 2.06. The van der Waals surface area contributed by atoms with Crippen LogP contribution in [-0.2, 0) is 11.8 Å². The molecule has 0 aliphatic rings. The van der Waals surface area contributed by atoms with Gasteiger partial charge in [0.1, 0.15) is 0 Å². The molecule has 25 heavy (non-hydrogen) atoms. The topological polar surface area (TPSA) is 34.0 Å². The molecule has 0 aliphatic carbocycles. The average molecular weight is 334 g/mol. The number of hydrogen-bond acceptors (Lipinski definition) is 1. The molecule has 3 heteroatoms. The first kappa shape index (κ1) is 17.3. The number of aryl methyl sites for hydroxylation is 2. The molecule has 1 heterocycles. The summed E-state index contributed by atoms with van der Waals surface area (Å²) in [5.41, 5.74) is 4.83. The Morgan fingerprint density at radius 2 is 1.84 bits per heavy atom. The largest absolute Gasteiger partial charge is 0.356 e. The Kier molecular flexibility index (Phi) is 5.22. The van der Waals surface area contributed by atoms with Crippen molar-refractivity contribution in [1.29, 1.82) is 0 Å². The Morgan fingerprint density at radius 3 is 2.56 bits per heavy atom. The quantitative estimate of drug-likeness (QED) is 0.706. The monoisotopic (exact) mass is 334 g/mol. The number of hydrogen-bond donors (Lipinski definition) is 1. The van der Waals surface area contributed by atoms with Crippen molar-refractivity contribution < 1.29 is 4.79 Å². The van der Waals surface area contributed by atoms with E-state index in [2.05, 4.69) is 85.5 Å². The van der Waals surface area contributed by atoms with Crippen LogP contribution in [-0.4, -0.2) is 17.0 Å². The van der Waals surface area contributed by atoms with Gasteiger partial charge in [-0.3, -0.25) is 4.79 Å². The van der Waals surface area contributed by atoms with Crippen molar-refractivity contribution in [3.05, 3.63) is 71.4 Å². The Bertz CT molecular complexity index is 861. The highest BCUT2D eigenvalue weighted by Gasteiger charge is 2.22. The van der Waals surface area contributed by atoms with Crippen molar-refractivity contribution in [3.63, 3.8) is 0 Å². The molecule has 3 nitrogen and oxygen atoms in total. The molecule has 0 aliphatic heterocycles. The van der Waals surface area contributed by atoms with Crippen molar-refractivity contribution >= 4 is 16.8 Å². The van der Waals surface area contributed by atoms with Crippen molar-refractivity contribution in [1.82, 2.24) is 9.88 Å². The van der Waals surface area contributed by atoms with E-state index in [4.69, 9.17) is 0 Å². The van der Waals surface area contributed by atoms with E-state index < -0.39 is 0 Å². The predicted octanol–water partition coefficient (Wildman–Crippen LogP) is 4.53. The van der Waals surface area contributed by atoms with Gasteiger partial charge >= 0.3 is 0 Å². The van der Waals surface area contributed by atoms with Crippen LogP contribution in [0.5, 0.6) is 0 Å². The van der Waals surface area contributed by atoms with Gasteiger partial charge in [-0.05, 0) is 30.5 Å². The number of fused-ring (bicyclic) bond motifs is 1. The summed E-state index contributed by atoms with van der Waals surface area (Å²) in [5.74, 6) is 0.170. The second-order valence-corrected chi connectivity index (χ2v) is 6.73. The molecule has 0 radical (unpaired) electrons. The fraction of sp³-hybridized carbons (Fsp3) is 0.318. The van der Waals surface area contributed by atoms with Crippen LogP contribution in [0.25, 0.3) is 10.9 Å². The van der Waals surface area contributed by atoms with Crippen LogP contribution in [0, 0.1) is 6.92 Å². The lowest BCUT2D eigenvalue weighted by atomic mass is 9.87. The lowest BCUT2D eigenvalue weighted by Gasteiger charge is -2.17. The van der Waals surface area contributed by atoms with Gasteiger partial charge in [-0.25, -0.2) is 0 Å². The highest BCUT2D eigenvalue weighted by Crippen LogP contribution is 2.34. The Hall–Kier alpha value is -2.55. The summed E-state index contributed by atoms with van der Waals surface area (Å²) in [6.45, 7) is 4.89. The summed E-state index contributed by atoms with van der Waals surface area (Å²) in [4.78, 5) is 12.5. The number of nitrogens with one attached hydrogen (secondary N) is 1. The number of rotatable bonds is 6. The summed E-state index contributed by atoms with van der Waals surface area (Å²) in [6, 6.07) is 16.9. The van der Waals surface area contributed by atoms with Crippen LogP contribution in [0.4, 0.5) is 0 Å². The molecule has 0 spiro atoms. The van der Waals surface area contributed by atoms with Gasteiger partial charge in [0.2, 0.25) is 5.91 Å². The van der Waals surface area contributed by atoms with Gasteiger partial charge in [0.05, 0.1) is 0 Å². The minimum absolute atomic E-state index is 0.0588.